The molecule has 2 N–H and O–H groups in total. The Morgan fingerprint density at radius 2 is 2.38 bits per heavy atom. The Morgan fingerprint density at radius 1 is 1.62 bits per heavy atom. The van der Waals surface area contributed by atoms with Crippen molar-refractivity contribution >= 4 is 5.91 Å². The van der Waals surface area contributed by atoms with E-state index in [0.29, 0.717) is 13.0 Å². The Labute approximate surface area is 96.4 Å². The molecule has 0 bridgehead atoms. The molecule has 90 valence electrons. The Morgan fingerprint density at radius 3 is 2.94 bits per heavy atom. The highest BCUT2D eigenvalue weighted by Crippen LogP contribution is 2.07. The van der Waals surface area contributed by atoms with Gasteiger partial charge >= 0.3 is 0 Å². The van der Waals surface area contributed by atoms with Crippen LogP contribution in [0.3, 0.4) is 0 Å². The van der Waals surface area contributed by atoms with Crippen molar-refractivity contribution in [3.05, 3.63) is 24.2 Å². The number of nitrogens with two attached hydrogens (primary N) is 1. The fourth-order valence-corrected chi connectivity index (χ4v) is 1.60. The van der Waals surface area contributed by atoms with Crippen LogP contribution in [0.1, 0.15) is 31.7 Å². The van der Waals surface area contributed by atoms with Crippen molar-refractivity contribution in [3.63, 3.8) is 0 Å². The minimum absolute atomic E-state index is 0.0238. The number of nitrogens with zero attached hydrogens (tertiary/aromatic N) is 1. The fourth-order valence-electron chi connectivity index (χ4n) is 1.60. The molecule has 0 radical (unpaired) electrons. The summed E-state index contributed by atoms with van der Waals surface area (Å²) >= 11 is 0. The fraction of sp³-hybridized carbons (Fsp3) is 0.583. The third-order valence-electron chi connectivity index (χ3n) is 2.52. The van der Waals surface area contributed by atoms with Crippen LogP contribution in [-0.2, 0) is 11.3 Å². The molecule has 16 heavy (non-hydrogen) atoms. The van der Waals surface area contributed by atoms with Crippen molar-refractivity contribution in [2.45, 2.75) is 38.8 Å². The van der Waals surface area contributed by atoms with E-state index in [1.165, 1.54) is 0 Å². The first-order valence-corrected chi connectivity index (χ1v) is 5.64. The van der Waals surface area contributed by atoms with E-state index < -0.39 is 0 Å². The first-order valence-electron chi connectivity index (χ1n) is 5.64. The molecule has 1 rings (SSSR count). The van der Waals surface area contributed by atoms with Crippen molar-refractivity contribution in [2.24, 2.45) is 5.73 Å². The lowest BCUT2D eigenvalue weighted by Gasteiger charge is -2.18. The SMILES string of the molecule is CCCC(N)CC(=O)N(C)Cc1ccoc1. The maximum Gasteiger partial charge on any atom is 0.224 e. The molecule has 0 aliphatic carbocycles. The number of furan rings is 1. The predicted octanol–water partition coefficient (Wildman–Crippen LogP) is 1.76. The highest BCUT2D eigenvalue weighted by atomic mass is 16.3. The molecule has 0 saturated heterocycles. The smallest absolute Gasteiger partial charge is 0.224 e. The number of carbonyl (C=O) groups excluding carboxylic acids is 1. The zero-order valence-corrected chi connectivity index (χ0v) is 9.98. The number of hydrogen-bond donors (Lipinski definition) is 1. The van der Waals surface area contributed by atoms with Crippen LogP contribution < -0.4 is 5.73 Å². The Balaban J connectivity index is 2.36. The number of carbonyl (C=O) groups is 1. The second-order valence-corrected chi connectivity index (χ2v) is 4.13. The standard InChI is InChI=1S/C12H20N2O2/c1-3-4-11(13)7-12(15)14(2)8-10-5-6-16-9-10/h5-6,9,11H,3-4,7-8,13H2,1-2H3. The average Bonchev–Trinajstić information content (AvgIpc) is 2.70. The summed E-state index contributed by atoms with van der Waals surface area (Å²) in [5.74, 6) is 0.0853. The molecule has 0 aliphatic heterocycles. The van der Waals surface area contributed by atoms with Gasteiger partial charge in [-0.3, -0.25) is 4.79 Å². The molecule has 1 amide bonds. The van der Waals surface area contributed by atoms with E-state index in [2.05, 4.69) is 6.92 Å². The van der Waals surface area contributed by atoms with Gasteiger partial charge in [0.15, 0.2) is 0 Å². The summed E-state index contributed by atoms with van der Waals surface area (Å²) < 4.78 is 4.95. The van der Waals surface area contributed by atoms with Crippen LogP contribution in [-0.4, -0.2) is 23.9 Å². The summed E-state index contributed by atoms with van der Waals surface area (Å²) in [7, 11) is 1.79. The lowest BCUT2D eigenvalue weighted by atomic mass is 10.1. The zero-order chi connectivity index (χ0) is 12.0. The molecule has 0 fully saturated rings. The molecule has 0 aromatic carbocycles. The second-order valence-electron chi connectivity index (χ2n) is 4.13. The van der Waals surface area contributed by atoms with Gasteiger partial charge in [0.1, 0.15) is 0 Å². The molecule has 4 heteroatoms. The topological polar surface area (TPSA) is 59.5 Å². The van der Waals surface area contributed by atoms with Crippen LogP contribution in [0.25, 0.3) is 0 Å². The van der Waals surface area contributed by atoms with Gasteiger partial charge in [-0.1, -0.05) is 13.3 Å². The van der Waals surface area contributed by atoms with Crippen LogP contribution in [0.5, 0.6) is 0 Å². The normalized spacial score (nSPS) is 12.4. The lowest BCUT2D eigenvalue weighted by Crippen LogP contribution is -2.32. The third kappa shape index (κ3) is 4.06. The number of hydrogen-bond acceptors (Lipinski definition) is 3. The van der Waals surface area contributed by atoms with Crippen LogP contribution in [0.15, 0.2) is 23.0 Å². The van der Waals surface area contributed by atoms with Gasteiger partial charge in [-0.2, -0.15) is 0 Å². The molecule has 0 saturated carbocycles. The van der Waals surface area contributed by atoms with E-state index in [-0.39, 0.29) is 11.9 Å². The molecule has 1 aromatic heterocycles. The van der Waals surface area contributed by atoms with Gasteiger partial charge in [-0.15, -0.1) is 0 Å². The third-order valence-corrected chi connectivity index (χ3v) is 2.52. The highest BCUT2D eigenvalue weighted by molar-refractivity contribution is 5.76. The van der Waals surface area contributed by atoms with Crippen molar-refractivity contribution < 1.29 is 9.21 Å². The molecular weight excluding hydrogens is 204 g/mol. The first-order chi connectivity index (χ1) is 7.63. The van der Waals surface area contributed by atoms with Gasteiger partial charge in [0.05, 0.1) is 12.5 Å². The highest BCUT2D eigenvalue weighted by Gasteiger charge is 2.13. The summed E-state index contributed by atoms with van der Waals surface area (Å²) in [5.41, 5.74) is 6.83. The second kappa shape index (κ2) is 6.33. The molecule has 1 aromatic rings. The maximum absolute atomic E-state index is 11.8. The van der Waals surface area contributed by atoms with Gasteiger partial charge in [0.2, 0.25) is 5.91 Å². The van der Waals surface area contributed by atoms with Crippen molar-refractivity contribution in [1.82, 2.24) is 4.90 Å². The zero-order valence-electron chi connectivity index (χ0n) is 9.98. The molecule has 1 atom stereocenters. The van der Waals surface area contributed by atoms with E-state index in [4.69, 9.17) is 10.2 Å². The number of amides is 1. The van der Waals surface area contributed by atoms with Gasteiger partial charge in [0, 0.05) is 31.6 Å². The van der Waals surface area contributed by atoms with Crippen molar-refractivity contribution in [2.75, 3.05) is 7.05 Å². The van der Waals surface area contributed by atoms with E-state index in [0.717, 1.165) is 18.4 Å². The molecule has 1 heterocycles. The van der Waals surface area contributed by atoms with Crippen LogP contribution >= 0.6 is 0 Å². The average molecular weight is 224 g/mol. The van der Waals surface area contributed by atoms with E-state index in [1.807, 2.05) is 6.07 Å². The molecular formula is C12H20N2O2. The van der Waals surface area contributed by atoms with Gasteiger partial charge in [-0.25, -0.2) is 0 Å². The molecule has 0 aliphatic rings. The first kappa shape index (κ1) is 12.8. The Kier molecular flexibility index (Phi) is 5.05. The van der Waals surface area contributed by atoms with E-state index >= 15 is 0 Å². The molecule has 4 nitrogen and oxygen atoms in total. The number of rotatable bonds is 6. The minimum atomic E-state index is -0.0238. The Hall–Kier alpha value is -1.29. The minimum Gasteiger partial charge on any atom is -0.472 e. The van der Waals surface area contributed by atoms with Gasteiger partial charge < -0.3 is 15.1 Å². The van der Waals surface area contributed by atoms with Crippen molar-refractivity contribution in [1.29, 1.82) is 0 Å². The van der Waals surface area contributed by atoms with E-state index in [9.17, 15) is 4.79 Å². The summed E-state index contributed by atoms with van der Waals surface area (Å²) in [6, 6.07) is 1.83. The maximum atomic E-state index is 11.8. The van der Waals surface area contributed by atoms with Gasteiger partial charge in [-0.05, 0) is 12.5 Å². The monoisotopic (exact) mass is 224 g/mol. The summed E-state index contributed by atoms with van der Waals surface area (Å²) in [6.45, 7) is 2.65. The van der Waals surface area contributed by atoms with Gasteiger partial charge in [0.25, 0.3) is 0 Å². The summed E-state index contributed by atoms with van der Waals surface area (Å²) in [6.07, 6.45) is 5.58. The lowest BCUT2D eigenvalue weighted by molar-refractivity contribution is -0.130. The molecule has 1 unspecified atom stereocenters. The van der Waals surface area contributed by atoms with E-state index in [1.54, 1.807) is 24.5 Å². The predicted molar refractivity (Wildman–Crippen MR) is 62.7 cm³/mol. The van der Waals surface area contributed by atoms with Crippen molar-refractivity contribution in [3.8, 4) is 0 Å². The molecule has 0 spiro atoms. The van der Waals surface area contributed by atoms with Crippen LogP contribution in [0.2, 0.25) is 0 Å². The quantitative estimate of drug-likeness (QED) is 0.801. The largest absolute Gasteiger partial charge is 0.472 e. The summed E-state index contributed by atoms with van der Waals surface area (Å²) in [5, 5.41) is 0. The summed E-state index contributed by atoms with van der Waals surface area (Å²) in [4.78, 5) is 13.5. The van der Waals surface area contributed by atoms with Crippen LogP contribution in [0, 0.1) is 0 Å². The Bertz CT molecular complexity index is 309. The van der Waals surface area contributed by atoms with Crippen LogP contribution in [0.4, 0.5) is 0 Å².